The predicted octanol–water partition coefficient (Wildman–Crippen LogP) is 6.34. The Balaban J connectivity index is 1.93. The first-order chi connectivity index (χ1) is 13.6. The Labute approximate surface area is 167 Å². The molecule has 28 heavy (non-hydrogen) atoms. The van der Waals surface area contributed by atoms with E-state index in [1.807, 2.05) is 61.5 Å². The van der Waals surface area contributed by atoms with Gasteiger partial charge in [0.05, 0.1) is 11.1 Å². The second kappa shape index (κ2) is 7.33. The van der Waals surface area contributed by atoms with Crippen LogP contribution in [0.25, 0.3) is 21.2 Å². The Morgan fingerprint density at radius 3 is 2.54 bits per heavy atom. The molecule has 1 N–H and O–H groups in total. The molecule has 1 heterocycles. The first-order valence-electron chi connectivity index (χ1n) is 8.82. The molecule has 1 aromatic heterocycles. The minimum Gasteiger partial charge on any atom is -0.508 e. The standard InChI is InChI=1S/C24H18O3S/c1-3-27-18-11-8-16(9-12-18)22-20-13-10-17(25)14-21(20)28-24(22)23(26)19-7-5-4-6-15(19)2/h3-14,25H,1H2,2H3. The lowest BCUT2D eigenvalue weighted by Crippen LogP contribution is -2.02. The molecule has 3 nitrogen and oxygen atoms in total. The fraction of sp³-hybridized carbons (Fsp3) is 0.0417. The zero-order valence-electron chi connectivity index (χ0n) is 15.3. The number of ketones is 1. The van der Waals surface area contributed by atoms with E-state index in [4.69, 9.17) is 4.74 Å². The molecule has 3 aromatic carbocycles. The molecule has 0 bridgehead atoms. The van der Waals surface area contributed by atoms with Crippen LogP contribution in [0.5, 0.6) is 11.5 Å². The van der Waals surface area contributed by atoms with Crippen LogP contribution in [0.2, 0.25) is 0 Å². The summed E-state index contributed by atoms with van der Waals surface area (Å²) in [5, 5.41) is 10.8. The quantitative estimate of drug-likeness (QED) is 0.322. The average Bonchev–Trinajstić information content (AvgIpc) is 3.07. The van der Waals surface area contributed by atoms with E-state index in [0.29, 0.717) is 16.2 Å². The van der Waals surface area contributed by atoms with Crippen LogP contribution in [0.1, 0.15) is 20.8 Å². The Bertz CT molecular complexity index is 1190. The molecule has 0 radical (unpaired) electrons. The SMILES string of the molecule is C=COc1ccc(-c2c(C(=O)c3ccccc3C)sc3cc(O)ccc23)cc1. The minimum absolute atomic E-state index is 0.0137. The fourth-order valence-corrected chi connectivity index (χ4v) is 4.49. The number of phenolic OH excluding ortho intramolecular Hbond substituents is 1. The Hall–Kier alpha value is -3.37. The molecule has 4 aromatic rings. The molecule has 0 spiro atoms. The van der Waals surface area contributed by atoms with Crippen molar-refractivity contribution >= 4 is 27.2 Å². The summed E-state index contributed by atoms with van der Waals surface area (Å²) in [7, 11) is 0. The molecule has 0 aliphatic heterocycles. The van der Waals surface area contributed by atoms with Crippen LogP contribution in [0.4, 0.5) is 0 Å². The molecule has 0 aliphatic carbocycles. The topological polar surface area (TPSA) is 46.5 Å². The molecule has 0 atom stereocenters. The number of rotatable bonds is 5. The fourth-order valence-electron chi connectivity index (χ4n) is 3.28. The van der Waals surface area contributed by atoms with E-state index >= 15 is 0 Å². The number of carbonyl (C=O) groups excluding carboxylic acids is 1. The normalized spacial score (nSPS) is 10.8. The van der Waals surface area contributed by atoms with Gasteiger partial charge in [0.1, 0.15) is 11.5 Å². The molecule has 0 fully saturated rings. The van der Waals surface area contributed by atoms with Gasteiger partial charge in [0, 0.05) is 21.2 Å². The van der Waals surface area contributed by atoms with E-state index in [-0.39, 0.29) is 11.5 Å². The van der Waals surface area contributed by atoms with Crippen molar-refractivity contribution < 1.29 is 14.6 Å². The van der Waals surface area contributed by atoms with Crippen LogP contribution < -0.4 is 4.74 Å². The van der Waals surface area contributed by atoms with E-state index in [1.165, 1.54) is 17.6 Å². The molecule has 0 aliphatic rings. The van der Waals surface area contributed by atoms with Gasteiger partial charge in [0.15, 0.2) is 0 Å². The molecule has 0 saturated heterocycles. The zero-order chi connectivity index (χ0) is 19.7. The number of fused-ring (bicyclic) bond motifs is 1. The van der Waals surface area contributed by atoms with Gasteiger partial charge in [-0.1, -0.05) is 43.0 Å². The van der Waals surface area contributed by atoms with Crippen molar-refractivity contribution in [3.8, 4) is 22.6 Å². The van der Waals surface area contributed by atoms with Crippen molar-refractivity contribution in [2.75, 3.05) is 0 Å². The Kier molecular flexibility index (Phi) is 4.72. The third-order valence-corrected chi connectivity index (χ3v) is 5.78. The number of aromatic hydroxyl groups is 1. The van der Waals surface area contributed by atoms with Gasteiger partial charge in [-0.2, -0.15) is 0 Å². The van der Waals surface area contributed by atoms with E-state index in [0.717, 1.165) is 26.8 Å². The number of hydrogen-bond acceptors (Lipinski definition) is 4. The van der Waals surface area contributed by atoms with Crippen molar-refractivity contribution in [2.24, 2.45) is 0 Å². The van der Waals surface area contributed by atoms with Crippen LogP contribution in [0.15, 0.2) is 79.6 Å². The molecule has 138 valence electrons. The highest BCUT2D eigenvalue weighted by Crippen LogP contribution is 2.41. The van der Waals surface area contributed by atoms with Gasteiger partial charge in [0.25, 0.3) is 0 Å². The van der Waals surface area contributed by atoms with Gasteiger partial charge in [-0.3, -0.25) is 4.79 Å². The van der Waals surface area contributed by atoms with Crippen LogP contribution in [0.3, 0.4) is 0 Å². The Morgan fingerprint density at radius 1 is 1.07 bits per heavy atom. The molecule has 0 unspecified atom stereocenters. The third kappa shape index (κ3) is 3.19. The van der Waals surface area contributed by atoms with Gasteiger partial charge >= 0.3 is 0 Å². The number of thiophene rings is 1. The summed E-state index contributed by atoms with van der Waals surface area (Å²) in [6.07, 6.45) is 1.38. The number of carbonyl (C=O) groups is 1. The summed E-state index contributed by atoms with van der Waals surface area (Å²) in [6.45, 7) is 5.51. The molecule has 0 saturated carbocycles. The van der Waals surface area contributed by atoms with Gasteiger partial charge in [-0.25, -0.2) is 0 Å². The van der Waals surface area contributed by atoms with Crippen LogP contribution in [-0.2, 0) is 0 Å². The molecular weight excluding hydrogens is 368 g/mol. The second-order valence-electron chi connectivity index (χ2n) is 6.44. The van der Waals surface area contributed by atoms with E-state index in [9.17, 15) is 9.90 Å². The summed E-state index contributed by atoms with van der Waals surface area (Å²) >= 11 is 1.40. The van der Waals surface area contributed by atoms with Gasteiger partial charge in [0.2, 0.25) is 5.78 Å². The van der Waals surface area contributed by atoms with Gasteiger partial charge in [-0.05, 0) is 48.4 Å². The Morgan fingerprint density at radius 2 is 1.82 bits per heavy atom. The van der Waals surface area contributed by atoms with E-state index < -0.39 is 0 Å². The average molecular weight is 386 g/mol. The van der Waals surface area contributed by atoms with Crippen molar-refractivity contribution in [2.45, 2.75) is 6.92 Å². The monoisotopic (exact) mass is 386 g/mol. The van der Waals surface area contributed by atoms with Crippen LogP contribution in [0, 0.1) is 6.92 Å². The zero-order valence-corrected chi connectivity index (χ0v) is 16.1. The summed E-state index contributed by atoms with van der Waals surface area (Å²) in [4.78, 5) is 14.1. The van der Waals surface area contributed by atoms with Crippen LogP contribution >= 0.6 is 11.3 Å². The number of benzene rings is 3. The molecule has 0 amide bonds. The maximum atomic E-state index is 13.4. The maximum absolute atomic E-state index is 13.4. The predicted molar refractivity (Wildman–Crippen MR) is 114 cm³/mol. The summed E-state index contributed by atoms with van der Waals surface area (Å²) < 4.78 is 6.18. The third-order valence-electron chi connectivity index (χ3n) is 4.63. The number of hydrogen-bond donors (Lipinski definition) is 1. The summed E-state index contributed by atoms with van der Waals surface area (Å²) in [5.74, 6) is 0.854. The van der Waals surface area contributed by atoms with Gasteiger partial charge < -0.3 is 9.84 Å². The highest BCUT2D eigenvalue weighted by atomic mass is 32.1. The second-order valence-corrected chi connectivity index (χ2v) is 7.49. The van der Waals surface area contributed by atoms with Crippen molar-refractivity contribution in [3.05, 3.63) is 95.6 Å². The largest absolute Gasteiger partial charge is 0.508 e. The number of phenols is 1. The lowest BCUT2D eigenvalue weighted by molar-refractivity contribution is 0.104. The molecular formula is C24H18O3S. The van der Waals surface area contributed by atoms with Crippen molar-refractivity contribution in [1.29, 1.82) is 0 Å². The van der Waals surface area contributed by atoms with E-state index in [2.05, 4.69) is 6.58 Å². The first kappa shape index (κ1) is 18.0. The lowest BCUT2D eigenvalue weighted by Gasteiger charge is -2.08. The molecule has 4 heteroatoms. The van der Waals surface area contributed by atoms with E-state index in [1.54, 1.807) is 12.1 Å². The molecule has 4 rings (SSSR count). The minimum atomic E-state index is -0.0137. The number of aryl methyl sites for hydroxylation is 1. The highest BCUT2D eigenvalue weighted by molar-refractivity contribution is 7.21. The summed E-state index contributed by atoms with van der Waals surface area (Å²) in [6, 6.07) is 20.4. The van der Waals surface area contributed by atoms with Crippen LogP contribution in [-0.4, -0.2) is 10.9 Å². The lowest BCUT2D eigenvalue weighted by atomic mass is 9.96. The van der Waals surface area contributed by atoms with Crippen molar-refractivity contribution in [3.63, 3.8) is 0 Å². The smallest absolute Gasteiger partial charge is 0.203 e. The number of ether oxygens (including phenoxy) is 1. The first-order valence-corrected chi connectivity index (χ1v) is 9.64. The van der Waals surface area contributed by atoms with Crippen molar-refractivity contribution in [1.82, 2.24) is 0 Å². The van der Waals surface area contributed by atoms with Gasteiger partial charge in [-0.15, -0.1) is 11.3 Å². The maximum Gasteiger partial charge on any atom is 0.203 e. The summed E-state index contributed by atoms with van der Waals surface area (Å²) in [5.41, 5.74) is 3.42. The highest BCUT2D eigenvalue weighted by Gasteiger charge is 2.22.